The molecule has 0 bridgehead atoms. The van der Waals surface area contributed by atoms with Crippen molar-refractivity contribution in [2.45, 2.75) is 69.9 Å². The maximum absolute atomic E-state index is 12.5. The van der Waals surface area contributed by atoms with Gasteiger partial charge in [0.2, 0.25) is 5.91 Å². The first-order valence-electron chi connectivity index (χ1n) is 12.6. The molecule has 190 valence electrons. The number of rotatable bonds is 11. The number of aliphatic hydroxyl groups excluding tert-OH is 1. The molecule has 0 saturated carbocycles. The van der Waals surface area contributed by atoms with E-state index >= 15 is 0 Å². The van der Waals surface area contributed by atoms with Gasteiger partial charge in [-0.25, -0.2) is 9.79 Å². The number of aromatic nitrogens is 1. The standard InChI is InChI=1S/C27H32N4O5/c32-23(12-6-2-8-18-14-13-17-7-1-4-10-20(17)29-18)28-16-15-22(27(35)36)31-26(34)24-25(33)19-9-3-5-11-21(19)30-24/h3,5,9,11,13-14,22,25,33H,1-2,4,6-8,10,12,15-16H2,(H,28,32)(H,31,34)(H,35,36)/t22-,25?/m0/s1. The van der Waals surface area contributed by atoms with Crippen LogP contribution in [0.2, 0.25) is 0 Å². The van der Waals surface area contributed by atoms with Crippen molar-refractivity contribution < 1.29 is 24.6 Å². The number of hydrogen-bond donors (Lipinski definition) is 4. The first kappa shape index (κ1) is 25.5. The monoisotopic (exact) mass is 492 g/mol. The zero-order valence-electron chi connectivity index (χ0n) is 20.2. The van der Waals surface area contributed by atoms with Gasteiger partial charge in [-0.05, 0) is 69.1 Å². The number of aliphatic imine (C=N–C) groups is 1. The fourth-order valence-electron chi connectivity index (χ4n) is 4.63. The number of pyridine rings is 1. The summed E-state index contributed by atoms with van der Waals surface area (Å²) < 4.78 is 0. The number of carboxylic acid groups (broad SMARTS) is 1. The molecule has 36 heavy (non-hydrogen) atoms. The molecule has 0 fully saturated rings. The fourth-order valence-corrected chi connectivity index (χ4v) is 4.63. The molecule has 1 aromatic carbocycles. The summed E-state index contributed by atoms with van der Waals surface area (Å²) in [7, 11) is 0. The van der Waals surface area contributed by atoms with Crippen molar-refractivity contribution in [3.05, 3.63) is 58.9 Å². The van der Waals surface area contributed by atoms with Crippen LogP contribution < -0.4 is 10.6 Å². The zero-order valence-corrected chi connectivity index (χ0v) is 20.2. The minimum Gasteiger partial charge on any atom is -0.480 e. The van der Waals surface area contributed by atoms with Gasteiger partial charge in [0.25, 0.3) is 5.91 Å². The number of nitrogens with one attached hydrogen (secondary N) is 2. The highest BCUT2D eigenvalue weighted by Gasteiger charge is 2.32. The minimum absolute atomic E-state index is 0.0161. The highest BCUT2D eigenvalue weighted by Crippen LogP contribution is 2.33. The molecule has 2 amide bonds. The number of amides is 2. The van der Waals surface area contributed by atoms with E-state index in [0.29, 0.717) is 24.1 Å². The molecule has 0 radical (unpaired) electrons. The van der Waals surface area contributed by atoms with Crippen molar-refractivity contribution >= 4 is 29.2 Å². The predicted molar refractivity (Wildman–Crippen MR) is 134 cm³/mol. The number of aliphatic hydroxyl groups is 1. The molecule has 4 rings (SSSR count). The van der Waals surface area contributed by atoms with Crippen molar-refractivity contribution in [2.24, 2.45) is 4.99 Å². The van der Waals surface area contributed by atoms with Crippen LogP contribution in [-0.2, 0) is 33.6 Å². The topological polar surface area (TPSA) is 141 Å². The molecular formula is C27H32N4O5. The number of aliphatic carboxylic acids is 1. The molecule has 2 aliphatic rings. The van der Waals surface area contributed by atoms with Gasteiger partial charge in [-0.2, -0.15) is 0 Å². The van der Waals surface area contributed by atoms with Crippen LogP contribution in [0.15, 0.2) is 41.4 Å². The lowest BCUT2D eigenvalue weighted by atomic mass is 9.95. The summed E-state index contributed by atoms with van der Waals surface area (Å²) >= 11 is 0. The van der Waals surface area contributed by atoms with Gasteiger partial charge in [-0.3, -0.25) is 14.6 Å². The van der Waals surface area contributed by atoms with Gasteiger partial charge in [-0.15, -0.1) is 0 Å². The van der Waals surface area contributed by atoms with Crippen molar-refractivity contribution in [3.8, 4) is 0 Å². The van der Waals surface area contributed by atoms with Crippen LogP contribution in [0.1, 0.15) is 67.1 Å². The van der Waals surface area contributed by atoms with Crippen molar-refractivity contribution in [2.75, 3.05) is 6.54 Å². The average Bonchev–Trinajstić information content (AvgIpc) is 3.22. The Bertz CT molecular complexity index is 1160. The normalized spacial score (nSPS) is 16.9. The van der Waals surface area contributed by atoms with Gasteiger partial charge in [0.05, 0.1) is 5.69 Å². The number of carbonyl (C=O) groups excluding carboxylic acids is 2. The van der Waals surface area contributed by atoms with Crippen LogP contribution in [-0.4, -0.2) is 51.3 Å². The van der Waals surface area contributed by atoms with Crippen LogP contribution in [0.5, 0.6) is 0 Å². The highest BCUT2D eigenvalue weighted by molar-refractivity contribution is 6.42. The third-order valence-electron chi connectivity index (χ3n) is 6.65. The van der Waals surface area contributed by atoms with Gasteiger partial charge in [0, 0.05) is 29.9 Å². The van der Waals surface area contributed by atoms with Crippen molar-refractivity contribution in [3.63, 3.8) is 0 Å². The van der Waals surface area contributed by atoms with E-state index in [0.717, 1.165) is 31.4 Å². The van der Waals surface area contributed by atoms with Crippen LogP contribution >= 0.6 is 0 Å². The van der Waals surface area contributed by atoms with E-state index in [4.69, 9.17) is 4.98 Å². The van der Waals surface area contributed by atoms with Gasteiger partial charge in [0.1, 0.15) is 17.9 Å². The van der Waals surface area contributed by atoms with Gasteiger partial charge in [-0.1, -0.05) is 24.3 Å². The Balaban J connectivity index is 1.16. The summed E-state index contributed by atoms with van der Waals surface area (Å²) in [6.45, 7) is 0.109. The molecule has 2 atom stereocenters. The van der Waals surface area contributed by atoms with E-state index in [1.807, 2.05) is 0 Å². The quantitative estimate of drug-likeness (QED) is 0.355. The fraction of sp³-hybridized carbons (Fsp3) is 0.444. The van der Waals surface area contributed by atoms with Crippen LogP contribution in [0.25, 0.3) is 0 Å². The number of hydrogen-bond acceptors (Lipinski definition) is 6. The number of aryl methyl sites for hydroxylation is 3. The second-order valence-electron chi connectivity index (χ2n) is 9.28. The number of carbonyl (C=O) groups is 3. The van der Waals surface area contributed by atoms with Crippen LogP contribution in [0.3, 0.4) is 0 Å². The van der Waals surface area contributed by atoms with Crippen molar-refractivity contribution in [1.82, 2.24) is 15.6 Å². The number of nitrogens with zero attached hydrogens (tertiary/aromatic N) is 2. The van der Waals surface area contributed by atoms with E-state index in [9.17, 15) is 24.6 Å². The minimum atomic E-state index is -1.22. The average molecular weight is 493 g/mol. The van der Waals surface area contributed by atoms with Crippen LogP contribution in [0.4, 0.5) is 5.69 Å². The largest absolute Gasteiger partial charge is 0.480 e. The van der Waals surface area contributed by atoms with Gasteiger partial charge >= 0.3 is 5.97 Å². The third kappa shape index (κ3) is 6.34. The lowest BCUT2D eigenvalue weighted by Crippen LogP contribution is -2.46. The van der Waals surface area contributed by atoms with E-state index in [2.05, 4.69) is 27.8 Å². The Morgan fingerprint density at radius 2 is 1.86 bits per heavy atom. The molecule has 9 nitrogen and oxygen atoms in total. The summed E-state index contributed by atoms with van der Waals surface area (Å²) in [5.41, 5.74) is 4.49. The second kappa shape index (κ2) is 11.9. The molecule has 2 aromatic rings. The number of fused-ring (bicyclic) bond motifs is 2. The molecule has 1 aliphatic heterocycles. The first-order valence-corrected chi connectivity index (χ1v) is 12.6. The third-order valence-corrected chi connectivity index (χ3v) is 6.65. The SMILES string of the molecule is O=C(CCCCc1ccc2c(n1)CCCC2)NCC[C@H](NC(=O)C1=Nc2ccccc2C1O)C(=O)O. The van der Waals surface area contributed by atoms with E-state index in [1.165, 1.54) is 24.1 Å². The first-order chi connectivity index (χ1) is 17.4. The van der Waals surface area contributed by atoms with Crippen molar-refractivity contribution in [1.29, 1.82) is 0 Å². The van der Waals surface area contributed by atoms with E-state index in [1.54, 1.807) is 24.3 Å². The molecule has 1 aromatic heterocycles. The summed E-state index contributed by atoms with van der Waals surface area (Å²) in [5, 5.41) is 25.0. The molecule has 9 heteroatoms. The molecule has 0 saturated heterocycles. The highest BCUT2D eigenvalue weighted by atomic mass is 16.4. The molecule has 1 aliphatic carbocycles. The van der Waals surface area contributed by atoms with Gasteiger partial charge in [0.15, 0.2) is 0 Å². The Hall–Kier alpha value is -3.59. The zero-order chi connectivity index (χ0) is 25.5. The molecule has 0 spiro atoms. The number of carboxylic acids is 1. The molecule has 2 heterocycles. The molecule has 1 unspecified atom stereocenters. The smallest absolute Gasteiger partial charge is 0.326 e. The second-order valence-corrected chi connectivity index (χ2v) is 9.28. The predicted octanol–water partition coefficient (Wildman–Crippen LogP) is 2.57. The van der Waals surface area contributed by atoms with Gasteiger partial charge < -0.3 is 20.8 Å². The Kier molecular flexibility index (Phi) is 8.43. The van der Waals surface area contributed by atoms with Crippen LogP contribution in [0, 0.1) is 0 Å². The summed E-state index contributed by atoms with van der Waals surface area (Å²) in [6, 6.07) is 9.85. The summed E-state index contributed by atoms with van der Waals surface area (Å²) in [6.07, 6.45) is 6.13. The molecular weight excluding hydrogens is 460 g/mol. The Morgan fingerprint density at radius 1 is 1.06 bits per heavy atom. The lowest BCUT2D eigenvalue weighted by Gasteiger charge is -2.16. The Morgan fingerprint density at radius 3 is 2.67 bits per heavy atom. The Labute approximate surface area is 210 Å². The number of unbranched alkanes of at least 4 members (excludes halogenated alkanes) is 1. The summed E-state index contributed by atoms with van der Waals surface area (Å²) in [5.74, 6) is -2.12. The number of benzene rings is 1. The van der Waals surface area contributed by atoms with E-state index < -0.39 is 24.0 Å². The lowest BCUT2D eigenvalue weighted by molar-refractivity contribution is -0.141. The number of para-hydroxylation sites is 1. The van der Waals surface area contributed by atoms with E-state index in [-0.39, 0.29) is 24.6 Å². The summed E-state index contributed by atoms with van der Waals surface area (Å²) in [4.78, 5) is 45.3. The maximum atomic E-state index is 12.5. The molecule has 4 N–H and O–H groups in total. The maximum Gasteiger partial charge on any atom is 0.326 e.